The van der Waals surface area contributed by atoms with Crippen LogP contribution in [0.2, 0.25) is 0 Å². The van der Waals surface area contributed by atoms with Gasteiger partial charge in [0.05, 0.1) is 13.2 Å². The van der Waals surface area contributed by atoms with E-state index in [2.05, 4.69) is 17.6 Å². The lowest BCUT2D eigenvalue weighted by Gasteiger charge is -2.34. The molecular weight excluding hydrogens is 296 g/mol. The van der Waals surface area contributed by atoms with Crippen molar-refractivity contribution in [2.75, 3.05) is 26.3 Å². The Morgan fingerprint density at radius 1 is 1.09 bits per heavy atom. The lowest BCUT2D eigenvalue weighted by molar-refractivity contribution is 0.0523. The molecule has 2 N–H and O–H groups in total. The van der Waals surface area contributed by atoms with E-state index in [0.717, 1.165) is 43.6 Å². The number of hydrogen-bond acceptors (Lipinski definition) is 3. The van der Waals surface area contributed by atoms with Gasteiger partial charge in [-0.3, -0.25) is 0 Å². The number of hydrogen-bond donors (Lipinski definition) is 2. The van der Waals surface area contributed by atoms with Crippen LogP contribution < -0.4 is 10.6 Å². The smallest absolute Gasteiger partial charge is 0.0623 e. The van der Waals surface area contributed by atoms with Crippen LogP contribution in [0.3, 0.4) is 0 Å². The fourth-order valence-electron chi connectivity index (χ4n) is 4.86. The van der Waals surface area contributed by atoms with Gasteiger partial charge in [0.25, 0.3) is 0 Å². The van der Waals surface area contributed by atoms with Gasteiger partial charge in [-0.25, -0.2) is 0 Å². The van der Waals surface area contributed by atoms with Crippen LogP contribution in [-0.4, -0.2) is 38.4 Å². The van der Waals surface area contributed by atoms with Crippen LogP contribution in [0.5, 0.6) is 0 Å². The third-order valence-corrected chi connectivity index (χ3v) is 6.25. The van der Waals surface area contributed by atoms with E-state index >= 15 is 0 Å². The largest absolute Gasteiger partial charge is 0.379 e. The van der Waals surface area contributed by atoms with Gasteiger partial charge in [-0.1, -0.05) is 39.0 Å². The number of ether oxygens (including phenoxy) is 1. The highest BCUT2D eigenvalue weighted by atomic mass is 35.5. The van der Waals surface area contributed by atoms with E-state index in [1.807, 2.05) is 0 Å². The summed E-state index contributed by atoms with van der Waals surface area (Å²) in [7, 11) is 0. The minimum absolute atomic E-state index is 0. The second kappa shape index (κ2) is 9.46. The Hall–Kier alpha value is 0.170. The maximum absolute atomic E-state index is 5.67. The summed E-state index contributed by atoms with van der Waals surface area (Å²) < 4.78 is 5.67. The molecule has 3 aliphatic rings. The average molecular weight is 331 g/mol. The van der Waals surface area contributed by atoms with E-state index in [9.17, 15) is 0 Å². The van der Waals surface area contributed by atoms with Crippen LogP contribution in [-0.2, 0) is 4.74 Å². The molecule has 3 rings (SSSR count). The molecule has 0 amide bonds. The van der Waals surface area contributed by atoms with E-state index in [1.54, 1.807) is 0 Å². The van der Waals surface area contributed by atoms with Crippen LogP contribution in [0.1, 0.15) is 58.3 Å². The fraction of sp³-hybridized carbons (Fsp3) is 1.00. The van der Waals surface area contributed by atoms with Crippen molar-refractivity contribution in [3.8, 4) is 0 Å². The summed E-state index contributed by atoms with van der Waals surface area (Å²) in [6, 6.07) is 1.32. The molecule has 5 atom stereocenters. The van der Waals surface area contributed by atoms with Gasteiger partial charge in [0, 0.05) is 18.6 Å². The molecule has 1 saturated heterocycles. The molecule has 0 aromatic rings. The Balaban J connectivity index is 0.00000176. The maximum Gasteiger partial charge on any atom is 0.0623 e. The highest BCUT2D eigenvalue weighted by Gasteiger charge is 2.34. The van der Waals surface area contributed by atoms with E-state index in [0.29, 0.717) is 6.04 Å². The molecule has 0 aromatic carbocycles. The average Bonchev–Trinajstić information content (AvgIpc) is 2.99. The molecule has 0 aromatic heterocycles. The van der Waals surface area contributed by atoms with E-state index in [4.69, 9.17) is 4.74 Å². The summed E-state index contributed by atoms with van der Waals surface area (Å²) in [5.74, 6) is 2.71. The van der Waals surface area contributed by atoms with Gasteiger partial charge in [0.15, 0.2) is 0 Å². The second-order valence-electron chi connectivity index (χ2n) is 7.60. The molecule has 1 aliphatic heterocycles. The summed E-state index contributed by atoms with van der Waals surface area (Å²) in [5.41, 5.74) is 0. The minimum Gasteiger partial charge on any atom is -0.379 e. The van der Waals surface area contributed by atoms with E-state index in [1.165, 1.54) is 57.9 Å². The van der Waals surface area contributed by atoms with Crippen LogP contribution in [0.25, 0.3) is 0 Å². The number of rotatable bonds is 5. The molecule has 2 saturated carbocycles. The Kier molecular flexibility index (Phi) is 7.96. The lowest BCUT2D eigenvalue weighted by Crippen LogP contribution is -2.51. The van der Waals surface area contributed by atoms with Gasteiger partial charge >= 0.3 is 0 Å². The first-order valence-electron chi connectivity index (χ1n) is 9.39. The predicted molar refractivity (Wildman–Crippen MR) is 94.7 cm³/mol. The van der Waals surface area contributed by atoms with Crippen LogP contribution in [0.4, 0.5) is 0 Å². The normalized spacial score (nSPS) is 39.4. The molecule has 1 heterocycles. The Morgan fingerprint density at radius 3 is 2.73 bits per heavy atom. The van der Waals surface area contributed by atoms with Gasteiger partial charge in [0.1, 0.15) is 0 Å². The Morgan fingerprint density at radius 2 is 1.95 bits per heavy atom. The van der Waals surface area contributed by atoms with Crippen LogP contribution in [0.15, 0.2) is 0 Å². The molecule has 0 bridgehead atoms. The maximum atomic E-state index is 5.67. The summed E-state index contributed by atoms with van der Waals surface area (Å²) in [6.07, 6.45) is 11.4. The summed E-state index contributed by atoms with van der Waals surface area (Å²) in [5, 5.41) is 7.57. The fourth-order valence-corrected chi connectivity index (χ4v) is 4.86. The summed E-state index contributed by atoms with van der Waals surface area (Å²) in [6.45, 7) is 6.53. The van der Waals surface area contributed by atoms with Crippen molar-refractivity contribution in [1.29, 1.82) is 0 Å². The summed E-state index contributed by atoms with van der Waals surface area (Å²) >= 11 is 0. The highest BCUT2D eigenvalue weighted by molar-refractivity contribution is 5.85. The van der Waals surface area contributed by atoms with Crippen molar-refractivity contribution < 1.29 is 4.74 Å². The quantitative estimate of drug-likeness (QED) is 0.811. The Bertz CT molecular complexity index is 309. The van der Waals surface area contributed by atoms with Crippen LogP contribution >= 0.6 is 12.4 Å². The van der Waals surface area contributed by atoms with Crippen molar-refractivity contribution in [1.82, 2.24) is 10.6 Å². The molecule has 3 fully saturated rings. The zero-order chi connectivity index (χ0) is 14.5. The molecule has 0 radical (unpaired) electrons. The van der Waals surface area contributed by atoms with Crippen molar-refractivity contribution in [2.45, 2.75) is 70.4 Å². The predicted octanol–water partition coefficient (Wildman–Crippen LogP) is 3.37. The molecule has 2 aliphatic carbocycles. The third kappa shape index (κ3) is 4.83. The molecular formula is C18H35ClN2O. The van der Waals surface area contributed by atoms with E-state index < -0.39 is 0 Å². The molecule has 130 valence electrons. The first kappa shape index (κ1) is 18.5. The van der Waals surface area contributed by atoms with Crippen molar-refractivity contribution in [3.05, 3.63) is 0 Å². The van der Waals surface area contributed by atoms with Gasteiger partial charge in [-0.05, 0) is 43.6 Å². The van der Waals surface area contributed by atoms with Crippen molar-refractivity contribution in [2.24, 2.45) is 17.8 Å². The zero-order valence-electron chi connectivity index (χ0n) is 14.2. The first-order valence-corrected chi connectivity index (χ1v) is 9.39. The molecule has 5 unspecified atom stereocenters. The minimum atomic E-state index is 0. The lowest BCUT2D eigenvalue weighted by atomic mass is 9.78. The third-order valence-electron chi connectivity index (χ3n) is 6.25. The first-order chi connectivity index (χ1) is 10.3. The highest BCUT2D eigenvalue weighted by Crippen LogP contribution is 2.32. The monoisotopic (exact) mass is 330 g/mol. The van der Waals surface area contributed by atoms with Gasteiger partial charge in [-0.2, -0.15) is 0 Å². The van der Waals surface area contributed by atoms with Gasteiger partial charge in [0.2, 0.25) is 0 Å². The molecule has 4 heteroatoms. The topological polar surface area (TPSA) is 33.3 Å². The molecule has 22 heavy (non-hydrogen) atoms. The molecule has 3 nitrogen and oxygen atoms in total. The standard InChI is InChI=1S/C18H34N2O.ClH/c1-14-5-2-3-6-15(14)9-10-19-17-8-4-7-16(17)18-13-21-12-11-20-18;/h14-20H,2-13H2,1H3;1H. The second-order valence-corrected chi connectivity index (χ2v) is 7.60. The van der Waals surface area contributed by atoms with E-state index in [-0.39, 0.29) is 12.4 Å². The van der Waals surface area contributed by atoms with Gasteiger partial charge in [-0.15, -0.1) is 12.4 Å². The SMILES string of the molecule is CC1CCCCC1CCNC1CCCC1C1COCCN1.Cl. The molecule has 0 spiro atoms. The summed E-state index contributed by atoms with van der Waals surface area (Å²) in [4.78, 5) is 0. The van der Waals surface area contributed by atoms with Crippen molar-refractivity contribution in [3.63, 3.8) is 0 Å². The zero-order valence-corrected chi connectivity index (χ0v) is 15.0. The number of nitrogens with one attached hydrogen (secondary N) is 2. The number of halogens is 1. The number of morpholine rings is 1. The van der Waals surface area contributed by atoms with Crippen molar-refractivity contribution >= 4 is 12.4 Å². The van der Waals surface area contributed by atoms with Crippen LogP contribution in [0, 0.1) is 17.8 Å². The van der Waals surface area contributed by atoms with Gasteiger partial charge < -0.3 is 15.4 Å². The Labute approximate surface area is 142 Å².